The van der Waals surface area contributed by atoms with E-state index in [2.05, 4.69) is 15.6 Å². The van der Waals surface area contributed by atoms with Crippen LogP contribution in [-0.4, -0.2) is 40.5 Å². The SMILES string of the molecule is CCOC(=O)c1nnn(CC(=O)NC)c1N. The van der Waals surface area contributed by atoms with Crippen molar-refractivity contribution in [3.63, 3.8) is 0 Å². The van der Waals surface area contributed by atoms with Crippen LogP contribution in [0.15, 0.2) is 0 Å². The molecule has 0 atom stereocenters. The highest BCUT2D eigenvalue weighted by Gasteiger charge is 2.19. The maximum absolute atomic E-state index is 11.3. The van der Waals surface area contributed by atoms with E-state index in [1.807, 2.05) is 0 Å². The molecule has 0 spiro atoms. The minimum Gasteiger partial charge on any atom is -0.461 e. The summed E-state index contributed by atoms with van der Waals surface area (Å²) < 4.78 is 5.85. The molecule has 0 bridgehead atoms. The molecule has 0 aliphatic carbocycles. The van der Waals surface area contributed by atoms with Gasteiger partial charge in [0.15, 0.2) is 5.82 Å². The quantitative estimate of drug-likeness (QED) is 0.624. The van der Waals surface area contributed by atoms with Gasteiger partial charge in [-0.15, -0.1) is 5.10 Å². The third-order valence-electron chi connectivity index (χ3n) is 1.81. The van der Waals surface area contributed by atoms with Crippen LogP contribution < -0.4 is 11.1 Å². The Hall–Kier alpha value is -2.12. The molecule has 0 aliphatic heterocycles. The highest BCUT2D eigenvalue weighted by Crippen LogP contribution is 2.08. The first kappa shape index (κ1) is 12.0. The number of ether oxygens (including phenoxy) is 1. The monoisotopic (exact) mass is 227 g/mol. The Balaban J connectivity index is 2.84. The molecule has 1 heterocycles. The zero-order valence-corrected chi connectivity index (χ0v) is 9.06. The standard InChI is InChI=1S/C8H13N5O3/c1-3-16-8(15)6-7(9)13(12-11-6)4-5(14)10-2/h3-4,9H2,1-2H3,(H,10,14). The second kappa shape index (κ2) is 5.10. The number of hydrogen-bond donors (Lipinski definition) is 2. The summed E-state index contributed by atoms with van der Waals surface area (Å²) in [4.78, 5) is 22.4. The van der Waals surface area contributed by atoms with Crippen molar-refractivity contribution < 1.29 is 14.3 Å². The normalized spacial score (nSPS) is 9.88. The third kappa shape index (κ3) is 2.47. The van der Waals surface area contributed by atoms with Crippen molar-refractivity contribution in [3.8, 4) is 0 Å². The number of carbonyl (C=O) groups excluding carboxylic acids is 2. The molecule has 0 radical (unpaired) electrons. The summed E-state index contributed by atoms with van der Waals surface area (Å²) in [5, 5.41) is 9.55. The van der Waals surface area contributed by atoms with Gasteiger partial charge in [-0.3, -0.25) is 4.79 Å². The number of rotatable bonds is 4. The molecule has 88 valence electrons. The first-order valence-electron chi connectivity index (χ1n) is 4.66. The van der Waals surface area contributed by atoms with Crippen LogP contribution in [0.5, 0.6) is 0 Å². The van der Waals surface area contributed by atoms with Crippen molar-refractivity contribution in [1.82, 2.24) is 20.3 Å². The highest BCUT2D eigenvalue weighted by molar-refractivity contribution is 5.92. The van der Waals surface area contributed by atoms with Gasteiger partial charge in [0, 0.05) is 7.05 Å². The van der Waals surface area contributed by atoms with E-state index < -0.39 is 5.97 Å². The lowest BCUT2D eigenvalue weighted by atomic mass is 10.4. The molecule has 1 rings (SSSR count). The second-order valence-corrected chi connectivity index (χ2v) is 2.87. The Kier molecular flexibility index (Phi) is 3.81. The minimum absolute atomic E-state index is 0.0158. The van der Waals surface area contributed by atoms with E-state index in [-0.39, 0.29) is 30.6 Å². The van der Waals surface area contributed by atoms with E-state index in [1.54, 1.807) is 6.92 Å². The summed E-state index contributed by atoms with van der Waals surface area (Å²) in [5.74, 6) is -0.919. The summed E-state index contributed by atoms with van der Waals surface area (Å²) in [7, 11) is 1.49. The van der Waals surface area contributed by atoms with Gasteiger partial charge in [0.2, 0.25) is 11.6 Å². The van der Waals surface area contributed by atoms with Crippen LogP contribution in [0, 0.1) is 0 Å². The molecule has 0 aromatic carbocycles. The maximum atomic E-state index is 11.3. The van der Waals surface area contributed by atoms with Gasteiger partial charge in [-0.05, 0) is 6.92 Å². The van der Waals surface area contributed by atoms with Gasteiger partial charge in [0.05, 0.1) is 6.61 Å². The number of anilines is 1. The van der Waals surface area contributed by atoms with Crippen molar-refractivity contribution in [2.45, 2.75) is 13.5 Å². The number of esters is 1. The fraction of sp³-hybridized carbons (Fsp3) is 0.500. The summed E-state index contributed by atoms with van der Waals surface area (Å²) in [5.41, 5.74) is 5.52. The van der Waals surface area contributed by atoms with Gasteiger partial charge in [0.25, 0.3) is 0 Å². The lowest BCUT2D eigenvalue weighted by Gasteiger charge is -2.02. The minimum atomic E-state index is -0.650. The first-order valence-corrected chi connectivity index (χ1v) is 4.66. The van der Waals surface area contributed by atoms with Gasteiger partial charge in [-0.25, -0.2) is 9.48 Å². The molecule has 1 aromatic heterocycles. The van der Waals surface area contributed by atoms with E-state index in [9.17, 15) is 9.59 Å². The number of aromatic nitrogens is 3. The van der Waals surface area contributed by atoms with E-state index in [0.29, 0.717) is 0 Å². The Morgan fingerprint density at radius 1 is 1.56 bits per heavy atom. The van der Waals surface area contributed by atoms with Crippen LogP contribution >= 0.6 is 0 Å². The van der Waals surface area contributed by atoms with Crippen molar-refractivity contribution in [3.05, 3.63) is 5.69 Å². The largest absolute Gasteiger partial charge is 0.461 e. The second-order valence-electron chi connectivity index (χ2n) is 2.87. The predicted octanol–water partition coefficient (Wildman–Crippen LogP) is -1.22. The van der Waals surface area contributed by atoms with Gasteiger partial charge >= 0.3 is 5.97 Å². The molecule has 16 heavy (non-hydrogen) atoms. The Morgan fingerprint density at radius 2 is 2.25 bits per heavy atom. The van der Waals surface area contributed by atoms with Gasteiger partial charge in [-0.1, -0.05) is 5.21 Å². The van der Waals surface area contributed by atoms with E-state index in [0.717, 1.165) is 4.68 Å². The lowest BCUT2D eigenvalue weighted by molar-refractivity contribution is -0.121. The smallest absolute Gasteiger partial charge is 0.362 e. The molecular weight excluding hydrogens is 214 g/mol. The van der Waals surface area contributed by atoms with Crippen LogP contribution in [0.1, 0.15) is 17.4 Å². The summed E-state index contributed by atoms with van der Waals surface area (Å²) >= 11 is 0. The molecule has 0 saturated heterocycles. The number of carbonyl (C=O) groups is 2. The fourth-order valence-corrected chi connectivity index (χ4v) is 0.997. The first-order chi connectivity index (χ1) is 7.60. The van der Waals surface area contributed by atoms with E-state index in [1.165, 1.54) is 7.05 Å². The van der Waals surface area contributed by atoms with Crippen LogP contribution in [0.25, 0.3) is 0 Å². The lowest BCUT2D eigenvalue weighted by Crippen LogP contribution is -2.25. The molecule has 0 fully saturated rings. The number of hydrogen-bond acceptors (Lipinski definition) is 6. The number of nitrogen functional groups attached to an aromatic ring is 1. The van der Waals surface area contributed by atoms with Crippen LogP contribution in [-0.2, 0) is 16.1 Å². The van der Waals surface area contributed by atoms with Gasteiger partial charge in [0.1, 0.15) is 6.54 Å². The molecule has 3 N–H and O–H groups in total. The predicted molar refractivity (Wildman–Crippen MR) is 54.5 cm³/mol. The number of nitrogens with two attached hydrogens (primary N) is 1. The number of amides is 1. The van der Waals surface area contributed by atoms with Crippen molar-refractivity contribution in [2.75, 3.05) is 19.4 Å². The van der Waals surface area contributed by atoms with Gasteiger partial charge < -0.3 is 15.8 Å². The Bertz CT molecular complexity index is 400. The summed E-state index contributed by atoms with van der Waals surface area (Å²) in [6.07, 6.45) is 0. The number of nitrogens with one attached hydrogen (secondary N) is 1. The average Bonchev–Trinajstić information content (AvgIpc) is 2.61. The highest BCUT2D eigenvalue weighted by atomic mass is 16.5. The fourth-order valence-electron chi connectivity index (χ4n) is 0.997. The van der Waals surface area contributed by atoms with E-state index >= 15 is 0 Å². The van der Waals surface area contributed by atoms with Crippen LogP contribution in [0.3, 0.4) is 0 Å². The van der Waals surface area contributed by atoms with Gasteiger partial charge in [-0.2, -0.15) is 0 Å². The van der Waals surface area contributed by atoms with Crippen LogP contribution in [0.2, 0.25) is 0 Å². The average molecular weight is 227 g/mol. The van der Waals surface area contributed by atoms with Crippen molar-refractivity contribution in [1.29, 1.82) is 0 Å². The maximum Gasteiger partial charge on any atom is 0.362 e. The molecular formula is C8H13N5O3. The zero-order chi connectivity index (χ0) is 12.1. The number of nitrogens with zero attached hydrogens (tertiary/aromatic N) is 3. The van der Waals surface area contributed by atoms with E-state index in [4.69, 9.17) is 10.5 Å². The molecule has 1 amide bonds. The molecule has 8 nitrogen and oxygen atoms in total. The molecule has 1 aromatic rings. The topological polar surface area (TPSA) is 112 Å². The summed E-state index contributed by atoms with van der Waals surface area (Å²) in [6.45, 7) is 1.80. The molecule has 0 saturated carbocycles. The Labute approximate surface area is 91.7 Å². The summed E-state index contributed by atoms with van der Waals surface area (Å²) in [6, 6.07) is 0. The molecule has 0 unspecified atom stereocenters. The van der Waals surface area contributed by atoms with Crippen LogP contribution in [0.4, 0.5) is 5.82 Å². The van der Waals surface area contributed by atoms with Crippen molar-refractivity contribution >= 4 is 17.7 Å². The van der Waals surface area contributed by atoms with Crippen molar-refractivity contribution in [2.24, 2.45) is 0 Å². The third-order valence-corrected chi connectivity index (χ3v) is 1.81. The zero-order valence-electron chi connectivity index (χ0n) is 9.06. The molecule has 8 heteroatoms. The number of likely N-dealkylation sites (N-methyl/N-ethyl adjacent to an activating group) is 1. The molecule has 0 aliphatic rings. The Morgan fingerprint density at radius 3 is 2.81 bits per heavy atom.